The summed E-state index contributed by atoms with van der Waals surface area (Å²) < 4.78 is 23.5. The monoisotopic (exact) mass is 1340 g/mol. The molecule has 1 unspecified atom stereocenters. The Morgan fingerprint density at radius 2 is 1.28 bits per heavy atom. The van der Waals surface area contributed by atoms with Crippen LogP contribution in [0.5, 0.6) is 0 Å². The highest BCUT2D eigenvalue weighted by Crippen LogP contribution is 2.44. The van der Waals surface area contributed by atoms with Gasteiger partial charge in [-0.05, 0) is 102 Å². The number of ether oxygens (including phenoxy) is 4. The number of likely N-dealkylation sites (tertiary alicyclic amines) is 1. The van der Waals surface area contributed by atoms with E-state index < -0.39 is 126 Å². The van der Waals surface area contributed by atoms with Crippen LogP contribution in [0.25, 0.3) is 11.1 Å². The first kappa shape index (κ1) is 77.4. The van der Waals surface area contributed by atoms with Crippen molar-refractivity contribution in [3.05, 3.63) is 125 Å². The van der Waals surface area contributed by atoms with E-state index in [1.807, 2.05) is 80.6 Å². The Balaban J connectivity index is 1.04. The van der Waals surface area contributed by atoms with Crippen LogP contribution in [0.3, 0.4) is 0 Å². The molecule has 4 aromatic rings. The Kier molecular flexibility index (Phi) is 29.2. The van der Waals surface area contributed by atoms with Crippen molar-refractivity contribution in [3.63, 3.8) is 0 Å². The number of hydrogen-bond acceptors (Lipinski definition) is 14. The minimum absolute atomic E-state index is 0.0320. The summed E-state index contributed by atoms with van der Waals surface area (Å²) in [5, 5.41) is 27.7. The van der Waals surface area contributed by atoms with Gasteiger partial charge in [-0.25, -0.2) is 14.4 Å². The van der Waals surface area contributed by atoms with Crippen molar-refractivity contribution in [2.24, 2.45) is 35.3 Å². The van der Waals surface area contributed by atoms with Crippen LogP contribution in [-0.2, 0) is 54.3 Å². The second-order valence-electron chi connectivity index (χ2n) is 26.7. The molecule has 6 rings (SSSR count). The van der Waals surface area contributed by atoms with Gasteiger partial charge in [-0.2, -0.15) is 0 Å². The van der Waals surface area contributed by atoms with E-state index in [-0.39, 0.29) is 62.7 Å². The molecule has 1 fully saturated rings. The first-order chi connectivity index (χ1) is 46.1. The van der Waals surface area contributed by atoms with Gasteiger partial charge in [0.1, 0.15) is 37.4 Å². The number of aliphatic hydroxyl groups excluding tert-OH is 1. The highest BCUT2D eigenvalue weighted by molar-refractivity contribution is 5.98. The lowest BCUT2D eigenvalue weighted by Crippen LogP contribution is -2.60. The number of nitrogens with one attached hydrogen (secondary N) is 6. The molecule has 0 spiro atoms. The minimum Gasteiger partial charge on any atom is -0.449 e. The molecule has 1 aliphatic heterocycles. The topological polar surface area (TPSA) is 319 Å². The number of anilines is 1. The number of aliphatic hydroxyl groups is 1. The maximum absolute atomic E-state index is 14.8. The summed E-state index contributed by atoms with van der Waals surface area (Å²) in [6, 6.07) is 24.6. The molecule has 12 atom stereocenters. The van der Waals surface area contributed by atoms with Gasteiger partial charge in [0, 0.05) is 53.0 Å². The van der Waals surface area contributed by atoms with Crippen LogP contribution in [0.2, 0.25) is 0 Å². The maximum Gasteiger partial charge on any atom is 0.410 e. The zero-order chi connectivity index (χ0) is 71.4. The largest absolute Gasteiger partial charge is 0.449 e. The summed E-state index contributed by atoms with van der Waals surface area (Å²) >= 11 is 0. The molecule has 0 radical (unpaired) electrons. The van der Waals surface area contributed by atoms with Crippen molar-refractivity contribution in [1.82, 2.24) is 41.3 Å². The molecule has 1 saturated heterocycles. The van der Waals surface area contributed by atoms with Crippen LogP contribution in [0.1, 0.15) is 142 Å². The van der Waals surface area contributed by atoms with Crippen molar-refractivity contribution < 1.29 is 67.2 Å². The number of amides is 10. The normalized spacial score (nSPS) is 16.9. The third kappa shape index (κ3) is 20.5. The smallest absolute Gasteiger partial charge is 0.410 e. The van der Waals surface area contributed by atoms with Crippen LogP contribution in [-0.4, -0.2) is 176 Å². The molecular formula is C73H104N10O14. The number of alkyl carbamates (subject to hydrolysis) is 1. The molecule has 0 bridgehead atoms. The Morgan fingerprint density at radius 3 is 1.85 bits per heavy atom. The average Bonchev–Trinajstić information content (AvgIpc) is 1.62. The number of nitrogens with two attached hydrogens (primary N) is 1. The first-order valence-electron chi connectivity index (χ1n) is 33.8. The molecule has 0 aromatic heterocycles. The van der Waals surface area contributed by atoms with E-state index in [9.17, 15) is 48.3 Å². The average molecular weight is 1350 g/mol. The molecule has 24 heteroatoms. The quantitative estimate of drug-likeness (QED) is 0.0206. The lowest BCUT2D eigenvalue weighted by Gasteiger charge is -2.41. The Hall–Kier alpha value is -8.61. The number of carbonyl (C=O) groups excluding carboxylic acids is 9. The number of benzene rings is 4. The summed E-state index contributed by atoms with van der Waals surface area (Å²) in [7, 11) is 6.10. The molecule has 530 valence electrons. The van der Waals surface area contributed by atoms with Gasteiger partial charge in [0.05, 0.1) is 48.8 Å². The third-order valence-electron chi connectivity index (χ3n) is 18.8. The molecule has 4 aromatic carbocycles. The van der Waals surface area contributed by atoms with E-state index >= 15 is 0 Å². The predicted molar refractivity (Wildman–Crippen MR) is 369 cm³/mol. The summed E-state index contributed by atoms with van der Waals surface area (Å²) in [6.07, 6.45) is -1.84. The van der Waals surface area contributed by atoms with E-state index in [4.69, 9.17) is 24.7 Å². The summed E-state index contributed by atoms with van der Waals surface area (Å²) in [4.78, 5) is 129. The van der Waals surface area contributed by atoms with E-state index in [1.54, 1.807) is 109 Å². The number of rotatable bonds is 34. The molecule has 24 nitrogen and oxygen atoms in total. The zero-order valence-corrected chi connectivity index (χ0v) is 58.8. The van der Waals surface area contributed by atoms with Crippen molar-refractivity contribution >= 4 is 59.3 Å². The molecule has 1 heterocycles. The van der Waals surface area contributed by atoms with Gasteiger partial charge in [0.25, 0.3) is 0 Å². The van der Waals surface area contributed by atoms with Crippen molar-refractivity contribution in [1.29, 1.82) is 0 Å². The number of hydrogen-bond donors (Lipinski definition) is 8. The fourth-order valence-corrected chi connectivity index (χ4v) is 13.2. The van der Waals surface area contributed by atoms with Crippen LogP contribution < -0.4 is 37.6 Å². The van der Waals surface area contributed by atoms with Gasteiger partial charge in [0.2, 0.25) is 35.4 Å². The lowest BCUT2D eigenvalue weighted by molar-refractivity contribution is -0.148. The minimum atomic E-state index is -1.13. The fraction of sp³-hybridized carbons (Fsp3) is 0.548. The number of nitrogens with zero attached hydrogens (tertiary/aromatic N) is 3. The van der Waals surface area contributed by atoms with Gasteiger partial charge in [-0.3, -0.25) is 33.7 Å². The van der Waals surface area contributed by atoms with E-state index in [0.717, 1.165) is 22.3 Å². The van der Waals surface area contributed by atoms with Gasteiger partial charge < -0.3 is 71.5 Å². The molecule has 97 heavy (non-hydrogen) atoms. The number of carbonyl (C=O) groups is 9. The number of methoxy groups -OCH3 is 2. The van der Waals surface area contributed by atoms with Crippen molar-refractivity contribution in [2.75, 3.05) is 53.3 Å². The van der Waals surface area contributed by atoms with Crippen molar-refractivity contribution in [2.45, 2.75) is 181 Å². The Morgan fingerprint density at radius 1 is 0.670 bits per heavy atom. The standard InChI is InChI=1S/C73H104N10O14/c1-15-45(8)63(58(94-13)39-59(84)83-38-24-32-57(83)65(95-14)46(9)66(86)76-47(10)64(85)49-25-17-16-18-26-49)81(11)70(90)61(43(4)5)79-69(89)62(44(6)7)82(12)73(93)97-40-48-33-35-50(36-34-48)77-67(87)56(31-23-37-75-71(74)91)78-68(88)60(42(2)3)80-72(92)96-41-55-53-29-21-19-27-51(53)52-28-20-22-30-54(52)55/h16-22,25-30,33-36,42-47,55-58,60-65,85H,15,23-24,31-32,37-41H2,1-14H3,(H,76,86)(H,77,87)(H,78,88)(H,79,89)(H,80,92)(H3,74,75,91)/t45-,46+,47+,56-,57-,58+,60-,61-,62-,63?,64+,65+/m0/s1. The molecule has 1 aliphatic carbocycles. The predicted octanol–water partition coefficient (Wildman–Crippen LogP) is 8.01. The molecule has 9 N–H and O–H groups in total. The van der Waals surface area contributed by atoms with Crippen LogP contribution in [0.4, 0.5) is 20.1 Å². The summed E-state index contributed by atoms with van der Waals surface area (Å²) in [5.41, 5.74) is 11.0. The SMILES string of the molecule is CC[C@H](C)C([C@@H](CC(=O)N1CCC[C@H]1[C@H](OC)[C@@H](C)C(=O)N[C@H](C)[C@@H](O)c1ccccc1)OC)N(C)C(=O)[C@@H](NC(=O)[C@H](C(C)C)N(C)C(=O)OCc1ccc(NC(=O)[C@H](CCCNC(N)=O)NC(=O)[C@@H](NC(=O)OCC2c3ccccc3-c3ccccc32)C(C)C)cc1)C(C)C. The molecule has 0 saturated carbocycles. The Labute approximate surface area is 571 Å². The second-order valence-corrected chi connectivity index (χ2v) is 26.7. The highest BCUT2D eigenvalue weighted by atomic mass is 16.6. The van der Waals surface area contributed by atoms with E-state index in [0.29, 0.717) is 42.6 Å². The van der Waals surface area contributed by atoms with Gasteiger partial charge >= 0.3 is 18.2 Å². The first-order valence-corrected chi connectivity index (χ1v) is 33.8. The summed E-state index contributed by atoms with van der Waals surface area (Å²) in [5.74, 6) is -5.11. The zero-order valence-electron chi connectivity index (χ0n) is 58.8. The van der Waals surface area contributed by atoms with Gasteiger partial charge in [-0.1, -0.05) is 160 Å². The third-order valence-corrected chi connectivity index (χ3v) is 18.8. The lowest BCUT2D eigenvalue weighted by atomic mass is 9.89. The molecule has 10 amide bonds. The highest BCUT2D eigenvalue weighted by Gasteiger charge is 2.44. The van der Waals surface area contributed by atoms with Gasteiger partial charge in [-0.15, -0.1) is 0 Å². The molecular weight excluding hydrogens is 1240 g/mol. The number of fused-ring (bicyclic) bond motifs is 3. The van der Waals surface area contributed by atoms with Crippen molar-refractivity contribution in [3.8, 4) is 11.1 Å². The van der Waals surface area contributed by atoms with E-state index in [1.165, 1.54) is 26.2 Å². The van der Waals surface area contributed by atoms with E-state index in [2.05, 4.69) is 31.9 Å². The number of primary amides is 1. The van der Waals surface area contributed by atoms with Gasteiger partial charge in [0.15, 0.2) is 0 Å². The number of likely N-dealkylation sites (N-methyl/N-ethyl adjacent to an activating group) is 2. The number of urea groups is 1. The summed E-state index contributed by atoms with van der Waals surface area (Å²) in [6.45, 7) is 18.5. The maximum atomic E-state index is 14.8. The van der Waals surface area contributed by atoms with Crippen LogP contribution in [0.15, 0.2) is 103 Å². The second kappa shape index (κ2) is 36.7. The molecule has 2 aliphatic rings. The van der Waals surface area contributed by atoms with Crippen LogP contribution in [0, 0.1) is 29.6 Å². The fourth-order valence-electron chi connectivity index (χ4n) is 13.2. The Bertz CT molecular complexity index is 3250. The van der Waals surface area contributed by atoms with Crippen LogP contribution >= 0.6 is 0 Å².